The van der Waals surface area contributed by atoms with Crippen LogP contribution < -0.4 is 11.1 Å². The van der Waals surface area contributed by atoms with Crippen molar-refractivity contribution in [3.63, 3.8) is 0 Å². The van der Waals surface area contributed by atoms with Crippen molar-refractivity contribution in [2.24, 2.45) is 5.73 Å². The van der Waals surface area contributed by atoms with Gasteiger partial charge in [-0.25, -0.2) is 9.80 Å². The average molecular weight is 237 g/mol. The Kier molecular flexibility index (Phi) is 5.98. The minimum atomic E-state index is -0.396. The van der Waals surface area contributed by atoms with Crippen molar-refractivity contribution in [1.82, 2.24) is 20.3 Å². The Morgan fingerprint density at radius 2 is 1.88 bits per heavy atom. The van der Waals surface area contributed by atoms with Gasteiger partial charge in [-0.2, -0.15) is 0 Å². The molecule has 3 N–H and O–H groups in total. The van der Waals surface area contributed by atoms with Gasteiger partial charge in [0.15, 0.2) is 0 Å². The predicted octanol–water partition coefficient (Wildman–Crippen LogP) is -0.101. The summed E-state index contributed by atoms with van der Waals surface area (Å²) >= 11 is 0. The quantitative estimate of drug-likeness (QED) is 0.715. The molecule has 2 rings (SSSR count). The zero-order valence-corrected chi connectivity index (χ0v) is 10.0. The van der Waals surface area contributed by atoms with E-state index in [0.717, 1.165) is 26.2 Å². The molecule has 6 heteroatoms. The van der Waals surface area contributed by atoms with E-state index in [2.05, 4.69) is 10.3 Å². The lowest BCUT2D eigenvalue weighted by Crippen LogP contribution is -2.54. The van der Waals surface area contributed by atoms with E-state index in [9.17, 15) is 4.79 Å². The topological polar surface area (TPSA) is 74.5 Å². The summed E-state index contributed by atoms with van der Waals surface area (Å²) in [5.74, 6) is 0. The van der Waals surface area contributed by atoms with Crippen LogP contribution in [0.2, 0.25) is 0 Å². The van der Waals surface area contributed by atoms with Crippen LogP contribution in [0.1, 0.15) is 0 Å². The van der Waals surface area contributed by atoms with Crippen LogP contribution in [0.25, 0.3) is 0 Å². The van der Waals surface area contributed by atoms with Gasteiger partial charge in [0, 0.05) is 45.6 Å². The number of aromatic nitrogens is 1. The van der Waals surface area contributed by atoms with Crippen molar-refractivity contribution in [2.45, 2.75) is 0 Å². The van der Waals surface area contributed by atoms with Crippen LogP contribution in [-0.4, -0.2) is 54.3 Å². The molecule has 17 heavy (non-hydrogen) atoms. The molecule has 0 bridgehead atoms. The highest BCUT2D eigenvalue weighted by atomic mass is 16.2. The minimum absolute atomic E-state index is 0.396. The SMILES string of the molecule is CN(C(N)=O)N1CCNCC1.c1ccncc1. The first-order chi connectivity index (χ1) is 8.22. The van der Waals surface area contributed by atoms with E-state index in [1.54, 1.807) is 19.4 Å². The number of pyridine rings is 1. The van der Waals surface area contributed by atoms with Crippen molar-refractivity contribution in [1.29, 1.82) is 0 Å². The van der Waals surface area contributed by atoms with Gasteiger partial charge in [-0.05, 0) is 12.1 Å². The summed E-state index contributed by atoms with van der Waals surface area (Å²) in [7, 11) is 1.69. The number of carbonyl (C=O) groups is 1. The molecule has 1 aromatic rings. The van der Waals surface area contributed by atoms with Crippen LogP contribution in [0, 0.1) is 0 Å². The number of hydrogen-bond acceptors (Lipinski definition) is 4. The summed E-state index contributed by atoms with van der Waals surface area (Å²) in [5, 5.41) is 6.58. The van der Waals surface area contributed by atoms with E-state index in [0.29, 0.717) is 0 Å². The van der Waals surface area contributed by atoms with Crippen molar-refractivity contribution >= 4 is 6.03 Å². The second-order valence-electron chi connectivity index (χ2n) is 3.59. The van der Waals surface area contributed by atoms with E-state index >= 15 is 0 Å². The number of rotatable bonds is 1. The summed E-state index contributed by atoms with van der Waals surface area (Å²) in [6, 6.07) is 5.32. The van der Waals surface area contributed by atoms with E-state index in [4.69, 9.17) is 5.73 Å². The number of carbonyl (C=O) groups excluding carboxylic acids is 1. The molecule has 1 aromatic heterocycles. The van der Waals surface area contributed by atoms with Crippen molar-refractivity contribution in [3.8, 4) is 0 Å². The number of primary amides is 1. The first-order valence-electron chi connectivity index (χ1n) is 5.55. The molecule has 0 aromatic carbocycles. The third-order valence-corrected chi connectivity index (χ3v) is 2.40. The standard InChI is InChI=1S/C6H14N4O.C5H5N/c1-9(6(7)11)10-4-2-8-3-5-10;1-2-4-6-5-3-1/h8H,2-5H2,1H3,(H2,7,11);1-5H. The maximum atomic E-state index is 10.7. The minimum Gasteiger partial charge on any atom is -0.350 e. The monoisotopic (exact) mass is 237 g/mol. The maximum Gasteiger partial charge on any atom is 0.329 e. The highest BCUT2D eigenvalue weighted by Crippen LogP contribution is 1.95. The number of piperazine rings is 1. The number of nitrogens with one attached hydrogen (secondary N) is 1. The third-order valence-electron chi connectivity index (χ3n) is 2.40. The number of hydrazine groups is 1. The second kappa shape index (κ2) is 7.59. The summed E-state index contributed by atoms with van der Waals surface area (Å²) < 4.78 is 0. The molecule has 0 unspecified atom stereocenters. The molecular formula is C11H19N5O. The Hall–Kier alpha value is -1.66. The molecule has 1 saturated heterocycles. The molecule has 0 saturated carbocycles. The van der Waals surface area contributed by atoms with E-state index in [1.807, 2.05) is 23.2 Å². The smallest absolute Gasteiger partial charge is 0.329 e. The summed E-state index contributed by atoms with van der Waals surface area (Å²) in [6.07, 6.45) is 3.50. The van der Waals surface area contributed by atoms with Crippen molar-refractivity contribution in [3.05, 3.63) is 30.6 Å². The zero-order valence-electron chi connectivity index (χ0n) is 10.0. The van der Waals surface area contributed by atoms with Crippen molar-refractivity contribution in [2.75, 3.05) is 33.2 Å². The van der Waals surface area contributed by atoms with Crippen LogP contribution in [0.15, 0.2) is 30.6 Å². The van der Waals surface area contributed by atoms with Gasteiger partial charge in [0.25, 0.3) is 0 Å². The summed E-state index contributed by atoms with van der Waals surface area (Å²) in [4.78, 5) is 14.5. The van der Waals surface area contributed by atoms with Crippen molar-refractivity contribution < 1.29 is 4.79 Å². The molecule has 0 spiro atoms. The number of nitrogens with zero attached hydrogens (tertiary/aromatic N) is 3. The summed E-state index contributed by atoms with van der Waals surface area (Å²) in [6.45, 7) is 3.52. The normalized spacial score (nSPS) is 15.6. The number of hydrogen-bond donors (Lipinski definition) is 2. The largest absolute Gasteiger partial charge is 0.350 e. The summed E-state index contributed by atoms with van der Waals surface area (Å²) in [5.41, 5.74) is 5.09. The fourth-order valence-corrected chi connectivity index (χ4v) is 1.41. The molecule has 1 aliphatic heterocycles. The molecule has 6 nitrogen and oxygen atoms in total. The lowest BCUT2D eigenvalue weighted by molar-refractivity contribution is 0.0292. The molecule has 2 amide bonds. The average Bonchev–Trinajstić information content (AvgIpc) is 2.41. The Bertz CT molecular complexity index is 286. The number of urea groups is 1. The fraction of sp³-hybridized carbons (Fsp3) is 0.455. The third kappa shape index (κ3) is 5.28. The highest BCUT2D eigenvalue weighted by Gasteiger charge is 2.16. The number of nitrogens with two attached hydrogens (primary N) is 1. The van der Waals surface area contributed by atoms with Gasteiger partial charge >= 0.3 is 6.03 Å². The Morgan fingerprint density at radius 3 is 2.24 bits per heavy atom. The molecule has 1 aliphatic rings. The first kappa shape index (κ1) is 13.4. The van der Waals surface area contributed by atoms with Crippen LogP contribution in [0.5, 0.6) is 0 Å². The van der Waals surface area contributed by atoms with Gasteiger partial charge in [0.1, 0.15) is 0 Å². The van der Waals surface area contributed by atoms with Gasteiger partial charge in [-0.3, -0.25) is 9.99 Å². The van der Waals surface area contributed by atoms with E-state index in [-0.39, 0.29) is 0 Å². The van der Waals surface area contributed by atoms with Crippen LogP contribution in [-0.2, 0) is 0 Å². The fourth-order valence-electron chi connectivity index (χ4n) is 1.41. The van der Waals surface area contributed by atoms with Gasteiger partial charge in [0.05, 0.1) is 0 Å². The van der Waals surface area contributed by atoms with Crippen LogP contribution in [0.4, 0.5) is 4.79 Å². The van der Waals surface area contributed by atoms with Crippen LogP contribution >= 0.6 is 0 Å². The lowest BCUT2D eigenvalue weighted by Gasteiger charge is -2.33. The molecule has 94 valence electrons. The second-order valence-corrected chi connectivity index (χ2v) is 3.59. The van der Waals surface area contributed by atoms with Gasteiger partial charge < -0.3 is 11.1 Å². The highest BCUT2D eigenvalue weighted by molar-refractivity contribution is 5.71. The van der Waals surface area contributed by atoms with Gasteiger partial charge in [-0.1, -0.05) is 6.07 Å². The lowest BCUT2D eigenvalue weighted by atomic mass is 10.4. The Balaban J connectivity index is 0.000000202. The Morgan fingerprint density at radius 1 is 1.29 bits per heavy atom. The van der Waals surface area contributed by atoms with Gasteiger partial charge in [0.2, 0.25) is 0 Å². The van der Waals surface area contributed by atoms with Crippen LogP contribution in [0.3, 0.4) is 0 Å². The van der Waals surface area contributed by atoms with Gasteiger partial charge in [-0.15, -0.1) is 0 Å². The first-order valence-corrected chi connectivity index (χ1v) is 5.55. The molecule has 0 radical (unpaired) electrons. The molecule has 1 fully saturated rings. The predicted molar refractivity (Wildman–Crippen MR) is 66.0 cm³/mol. The zero-order chi connectivity index (χ0) is 12.5. The molecule has 2 heterocycles. The van der Waals surface area contributed by atoms with E-state index < -0.39 is 6.03 Å². The molecular weight excluding hydrogens is 218 g/mol. The molecule has 0 atom stereocenters. The number of amides is 2. The maximum absolute atomic E-state index is 10.7. The van der Waals surface area contributed by atoms with E-state index in [1.165, 1.54) is 5.01 Å². The Labute approximate surface area is 101 Å². The molecule has 0 aliphatic carbocycles.